The molecule has 22 heavy (non-hydrogen) atoms. The number of hydrogen-bond acceptors (Lipinski definition) is 4. The Kier molecular flexibility index (Phi) is 5.29. The Morgan fingerprint density at radius 3 is 2.91 bits per heavy atom. The molecule has 0 aromatic heterocycles. The second-order valence-electron chi connectivity index (χ2n) is 6.79. The molecule has 1 aromatic rings. The van der Waals surface area contributed by atoms with Crippen LogP contribution in [0.25, 0.3) is 0 Å². The molecule has 0 fully saturated rings. The lowest BCUT2D eigenvalue weighted by Gasteiger charge is -2.29. The molecule has 1 aliphatic rings. The second kappa shape index (κ2) is 7.01. The Morgan fingerprint density at radius 1 is 1.41 bits per heavy atom. The van der Waals surface area contributed by atoms with E-state index in [1.165, 1.54) is 11.1 Å². The highest BCUT2D eigenvalue weighted by molar-refractivity contribution is 5.67. The fourth-order valence-electron chi connectivity index (χ4n) is 2.66. The fraction of sp³-hybridized carbons (Fsp3) is 0.588. The number of alkyl carbamates (subject to hydrolysis) is 1. The first kappa shape index (κ1) is 16.6. The van der Waals surface area contributed by atoms with Gasteiger partial charge >= 0.3 is 6.09 Å². The van der Waals surface area contributed by atoms with Crippen molar-refractivity contribution < 1.29 is 9.53 Å². The molecule has 1 aliphatic heterocycles. The number of carbonyl (C=O) groups is 1. The van der Waals surface area contributed by atoms with Gasteiger partial charge in [0.25, 0.3) is 0 Å². The number of anilines is 1. The van der Waals surface area contributed by atoms with E-state index in [-0.39, 0.29) is 6.09 Å². The number of rotatable bonds is 4. The Labute approximate surface area is 132 Å². The summed E-state index contributed by atoms with van der Waals surface area (Å²) in [7, 11) is 0. The van der Waals surface area contributed by atoms with Crippen LogP contribution in [0.2, 0.25) is 0 Å². The molecule has 2 rings (SSSR count). The van der Waals surface area contributed by atoms with Crippen LogP contribution in [0, 0.1) is 0 Å². The molecule has 1 amide bonds. The zero-order valence-electron chi connectivity index (χ0n) is 13.8. The van der Waals surface area contributed by atoms with E-state index in [2.05, 4.69) is 16.3 Å². The van der Waals surface area contributed by atoms with E-state index >= 15 is 0 Å². The van der Waals surface area contributed by atoms with E-state index in [1.54, 1.807) is 0 Å². The quantitative estimate of drug-likeness (QED) is 0.662. The number of nitrogens with two attached hydrogens (primary N) is 1. The molecular weight excluding hydrogens is 278 g/mol. The number of nitrogen functional groups attached to an aromatic ring is 1. The molecule has 0 spiro atoms. The van der Waals surface area contributed by atoms with Gasteiger partial charge in [-0.05, 0) is 50.8 Å². The number of fused-ring (bicyclic) bond motifs is 1. The second-order valence-corrected chi connectivity index (χ2v) is 6.79. The molecule has 122 valence electrons. The van der Waals surface area contributed by atoms with Gasteiger partial charge in [0.2, 0.25) is 0 Å². The van der Waals surface area contributed by atoms with Gasteiger partial charge in [-0.3, -0.25) is 4.90 Å². The molecule has 0 unspecified atom stereocenters. The summed E-state index contributed by atoms with van der Waals surface area (Å²) in [4.78, 5) is 13.9. The molecule has 0 bridgehead atoms. The number of nitrogens with one attached hydrogen (secondary N) is 1. The number of benzene rings is 1. The predicted octanol–water partition coefficient (Wildman–Crippen LogP) is 2.54. The lowest BCUT2D eigenvalue weighted by Crippen LogP contribution is -2.36. The Morgan fingerprint density at radius 2 is 2.18 bits per heavy atom. The van der Waals surface area contributed by atoms with Crippen molar-refractivity contribution in [2.45, 2.75) is 45.8 Å². The zero-order chi connectivity index (χ0) is 16.2. The van der Waals surface area contributed by atoms with Crippen molar-refractivity contribution in [2.24, 2.45) is 0 Å². The van der Waals surface area contributed by atoms with Crippen LogP contribution in [0.5, 0.6) is 0 Å². The third-order valence-corrected chi connectivity index (χ3v) is 3.71. The van der Waals surface area contributed by atoms with Crippen LogP contribution in [-0.4, -0.2) is 36.2 Å². The summed E-state index contributed by atoms with van der Waals surface area (Å²) in [5, 5.41) is 2.80. The summed E-state index contributed by atoms with van der Waals surface area (Å²) < 4.78 is 5.21. The first-order valence-electron chi connectivity index (χ1n) is 7.90. The maximum Gasteiger partial charge on any atom is 0.407 e. The van der Waals surface area contributed by atoms with E-state index in [0.717, 1.165) is 38.2 Å². The lowest BCUT2D eigenvalue weighted by atomic mass is 9.98. The minimum atomic E-state index is -0.446. The summed E-state index contributed by atoms with van der Waals surface area (Å²) in [6.07, 6.45) is 1.60. The first-order chi connectivity index (χ1) is 10.3. The van der Waals surface area contributed by atoms with Gasteiger partial charge in [0.1, 0.15) is 5.60 Å². The highest BCUT2D eigenvalue weighted by atomic mass is 16.6. The van der Waals surface area contributed by atoms with Gasteiger partial charge in [-0.1, -0.05) is 12.1 Å². The molecule has 3 N–H and O–H groups in total. The van der Waals surface area contributed by atoms with Gasteiger partial charge in [-0.15, -0.1) is 0 Å². The van der Waals surface area contributed by atoms with Crippen LogP contribution in [0.4, 0.5) is 10.5 Å². The third kappa shape index (κ3) is 4.91. The van der Waals surface area contributed by atoms with Crippen molar-refractivity contribution >= 4 is 11.8 Å². The van der Waals surface area contributed by atoms with Crippen LogP contribution in [-0.2, 0) is 17.7 Å². The summed E-state index contributed by atoms with van der Waals surface area (Å²) in [6, 6.07) is 6.15. The molecule has 0 atom stereocenters. The number of carbonyl (C=O) groups excluding carboxylic acids is 1. The molecule has 0 aliphatic carbocycles. The molecule has 5 heteroatoms. The van der Waals surface area contributed by atoms with Crippen molar-refractivity contribution in [1.29, 1.82) is 0 Å². The van der Waals surface area contributed by atoms with Gasteiger partial charge in [-0.25, -0.2) is 4.79 Å². The Hall–Kier alpha value is -1.75. The summed E-state index contributed by atoms with van der Waals surface area (Å²) in [5.74, 6) is 0. The minimum Gasteiger partial charge on any atom is -0.444 e. The standard InChI is InChI=1S/C17H27N3O2/c1-17(2,3)22-16(21)19-9-5-10-20-11-8-13-6-4-7-15(18)14(13)12-20/h4,6-7H,5,8-12,18H2,1-3H3,(H,19,21). The Balaban J connectivity index is 1.71. The van der Waals surface area contributed by atoms with Crippen LogP contribution >= 0.6 is 0 Å². The van der Waals surface area contributed by atoms with Crippen molar-refractivity contribution in [2.75, 3.05) is 25.4 Å². The lowest BCUT2D eigenvalue weighted by molar-refractivity contribution is 0.0525. The van der Waals surface area contributed by atoms with E-state index in [0.29, 0.717) is 6.54 Å². The van der Waals surface area contributed by atoms with E-state index < -0.39 is 5.60 Å². The van der Waals surface area contributed by atoms with Gasteiger partial charge in [-0.2, -0.15) is 0 Å². The van der Waals surface area contributed by atoms with E-state index in [4.69, 9.17) is 10.5 Å². The third-order valence-electron chi connectivity index (χ3n) is 3.71. The summed E-state index contributed by atoms with van der Waals surface area (Å²) in [5.41, 5.74) is 9.12. The highest BCUT2D eigenvalue weighted by Crippen LogP contribution is 2.24. The summed E-state index contributed by atoms with van der Waals surface area (Å²) >= 11 is 0. The van der Waals surface area contributed by atoms with Gasteiger partial charge in [0.15, 0.2) is 0 Å². The van der Waals surface area contributed by atoms with E-state index in [1.807, 2.05) is 32.9 Å². The van der Waals surface area contributed by atoms with Gasteiger partial charge in [0.05, 0.1) is 0 Å². The fourth-order valence-corrected chi connectivity index (χ4v) is 2.66. The minimum absolute atomic E-state index is 0.347. The van der Waals surface area contributed by atoms with Gasteiger partial charge in [0, 0.05) is 31.9 Å². The number of nitrogens with zero attached hydrogens (tertiary/aromatic N) is 1. The largest absolute Gasteiger partial charge is 0.444 e. The van der Waals surface area contributed by atoms with E-state index in [9.17, 15) is 4.79 Å². The molecule has 5 nitrogen and oxygen atoms in total. The predicted molar refractivity (Wildman–Crippen MR) is 88.7 cm³/mol. The van der Waals surface area contributed by atoms with Crippen LogP contribution in [0.15, 0.2) is 18.2 Å². The molecule has 0 saturated heterocycles. The first-order valence-corrected chi connectivity index (χ1v) is 7.90. The molecule has 1 aromatic carbocycles. The molecular formula is C17H27N3O2. The Bertz CT molecular complexity index is 523. The average molecular weight is 305 g/mol. The maximum atomic E-state index is 11.6. The van der Waals surface area contributed by atoms with Crippen LogP contribution in [0.3, 0.4) is 0 Å². The normalized spacial score (nSPS) is 15.2. The number of ether oxygens (including phenoxy) is 1. The maximum absolute atomic E-state index is 11.6. The number of hydrogen-bond donors (Lipinski definition) is 2. The SMILES string of the molecule is CC(C)(C)OC(=O)NCCCN1CCc2cccc(N)c2C1. The van der Waals surface area contributed by atoms with Crippen molar-refractivity contribution in [3.8, 4) is 0 Å². The monoisotopic (exact) mass is 305 g/mol. The average Bonchev–Trinajstić information content (AvgIpc) is 2.42. The highest BCUT2D eigenvalue weighted by Gasteiger charge is 2.18. The zero-order valence-corrected chi connectivity index (χ0v) is 13.8. The van der Waals surface area contributed by atoms with Crippen LogP contribution in [0.1, 0.15) is 38.3 Å². The molecule has 0 radical (unpaired) electrons. The summed E-state index contributed by atoms with van der Waals surface area (Å²) in [6.45, 7) is 9.11. The topological polar surface area (TPSA) is 67.6 Å². The molecule has 0 saturated carbocycles. The number of amides is 1. The van der Waals surface area contributed by atoms with Crippen molar-refractivity contribution in [3.05, 3.63) is 29.3 Å². The van der Waals surface area contributed by atoms with Crippen molar-refractivity contribution in [3.63, 3.8) is 0 Å². The molecule has 1 heterocycles. The van der Waals surface area contributed by atoms with Crippen LogP contribution < -0.4 is 11.1 Å². The van der Waals surface area contributed by atoms with Crippen molar-refractivity contribution in [1.82, 2.24) is 10.2 Å². The van der Waals surface area contributed by atoms with Gasteiger partial charge < -0.3 is 15.8 Å². The smallest absolute Gasteiger partial charge is 0.407 e.